The fourth-order valence-corrected chi connectivity index (χ4v) is 3.10. The first-order chi connectivity index (χ1) is 9.84. The van der Waals surface area contributed by atoms with Crippen LogP contribution in [0.2, 0.25) is 0 Å². The van der Waals surface area contributed by atoms with Gasteiger partial charge in [-0.05, 0) is 25.8 Å². The molecule has 5 heteroatoms. The van der Waals surface area contributed by atoms with Gasteiger partial charge in [0.25, 0.3) is 0 Å². The molecule has 1 aliphatic heterocycles. The van der Waals surface area contributed by atoms with Gasteiger partial charge in [0.15, 0.2) is 0 Å². The monoisotopic (exact) mass is 268 g/mol. The third-order valence-electron chi connectivity index (χ3n) is 4.04. The maximum absolute atomic E-state index is 5.48. The van der Waals surface area contributed by atoms with Crippen LogP contribution in [0.4, 0.5) is 0 Å². The van der Waals surface area contributed by atoms with Crippen molar-refractivity contribution in [2.24, 2.45) is 0 Å². The molecule has 4 rings (SSSR count). The quantitative estimate of drug-likeness (QED) is 0.681. The van der Waals surface area contributed by atoms with Crippen LogP contribution < -0.4 is 0 Å². The highest BCUT2D eigenvalue weighted by Gasteiger charge is 2.22. The summed E-state index contributed by atoms with van der Waals surface area (Å²) in [5.41, 5.74) is 2.78. The molecule has 102 valence electrons. The van der Waals surface area contributed by atoms with Gasteiger partial charge in [0.05, 0.1) is 11.0 Å². The fourth-order valence-electron chi connectivity index (χ4n) is 3.10. The van der Waals surface area contributed by atoms with Crippen molar-refractivity contribution in [1.82, 2.24) is 19.7 Å². The summed E-state index contributed by atoms with van der Waals surface area (Å²) in [6.45, 7) is 3.69. The lowest BCUT2D eigenvalue weighted by atomic mass is 10.1. The SMILES string of the molecule is Cc1nc2nnc3ccccc3c2n1C1CCOCC1. The molecule has 1 fully saturated rings. The number of hydrogen-bond acceptors (Lipinski definition) is 4. The molecule has 0 radical (unpaired) electrons. The van der Waals surface area contributed by atoms with E-state index in [-0.39, 0.29) is 0 Å². The van der Waals surface area contributed by atoms with Crippen LogP contribution in [0, 0.1) is 6.92 Å². The number of aromatic nitrogens is 4. The van der Waals surface area contributed by atoms with Crippen LogP contribution in [-0.2, 0) is 4.74 Å². The zero-order valence-corrected chi connectivity index (χ0v) is 11.4. The van der Waals surface area contributed by atoms with Crippen molar-refractivity contribution in [2.45, 2.75) is 25.8 Å². The molecule has 1 saturated heterocycles. The molecule has 1 aliphatic rings. The topological polar surface area (TPSA) is 52.8 Å². The van der Waals surface area contributed by atoms with E-state index in [4.69, 9.17) is 4.74 Å². The molecule has 0 aliphatic carbocycles. The Morgan fingerprint density at radius 3 is 2.80 bits per heavy atom. The lowest BCUT2D eigenvalue weighted by Crippen LogP contribution is -2.20. The van der Waals surface area contributed by atoms with Crippen molar-refractivity contribution in [3.05, 3.63) is 30.1 Å². The van der Waals surface area contributed by atoms with E-state index in [2.05, 4.69) is 25.8 Å². The van der Waals surface area contributed by atoms with E-state index < -0.39 is 0 Å². The van der Waals surface area contributed by atoms with Crippen LogP contribution in [-0.4, -0.2) is 33.0 Å². The Morgan fingerprint density at radius 2 is 1.95 bits per heavy atom. The summed E-state index contributed by atoms with van der Waals surface area (Å²) in [4.78, 5) is 4.59. The number of fused-ring (bicyclic) bond motifs is 3. The van der Waals surface area contributed by atoms with Crippen LogP contribution in [0.1, 0.15) is 24.7 Å². The molecule has 2 aromatic heterocycles. The average molecular weight is 268 g/mol. The van der Waals surface area contributed by atoms with Crippen molar-refractivity contribution >= 4 is 22.1 Å². The third-order valence-corrected chi connectivity index (χ3v) is 4.04. The number of hydrogen-bond donors (Lipinski definition) is 0. The van der Waals surface area contributed by atoms with Crippen molar-refractivity contribution in [1.29, 1.82) is 0 Å². The molecule has 0 unspecified atom stereocenters. The molecule has 0 N–H and O–H groups in total. The van der Waals surface area contributed by atoms with Crippen molar-refractivity contribution < 1.29 is 4.74 Å². The molecule has 0 spiro atoms. The normalized spacial score (nSPS) is 17.1. The molecule has 0 amide bonds. The Hall–Kier alpha value is -2.01. The lowest BCUT2D eigenvalue weighted by Gasteiger charge is -2.25. The predicted molar refractivity (Wildman–Crippen MR) is 76.7 cm³/mol. The standard InChI is InChI=1S/C15H16N4O/c1-10-16-15-14(19(10)11-6-8-20-9-7-11)12-4-2-3-5-13(12)17-18-15/h2-5,11H,6-9H2,1H3. The lowest BCUT2D eigenvalue weighted by molar-refractivity contribution is 0.0701. The number of benzene rings is 1. The predicted octanol–water partition coefficient (Wildman–Crippen LogP) is 2.64. The minimum absolute atomic E-state index is 0.446. The fraction of sp³-hybridized carbons (Fsp3) is 0.400. The largest absolute Gasteiger partial charge is 0.381 e. The van der Waals surface area contributed by atoms with Crippen LogP contribution in [0.25, 0.3) is 22.1 Å². The molecule has 3 heterocycles. The van der Waals surface area contributed by atoms with E-state index >= 15 is 0 Å². The molecule has 20 heavy (non-hydrogen) atoms. The highest BCUT2D eigenvalue weighted by molar-refractivity contribution is 6.00. The van der Waals surface area contributed by atoms with E-state index in [0.717, 1.165) is 53.9 Å². The van der Waals surface area contributed by atoms with E-state index in [1.165, 1.54) is 0 Å². The molecule has 0 bridgehead atoms. The van der Waals surface area contributed by atoms with E-state index in [9.17, 15) is 0 Å². The Kier molecular flexibility index (Phi) is 2.67. The molecule has 1 aromatic carbocycles. The molecular formula is C15H16N4O. The van der Waals surface area contributed by atoms with E-state index in [1.54, 1.807) is 0 Å². The van der Waals surface area contributed by atoms with Gasteiger partial charge in [0, 0.05) is 24.6 Å². The maximum atomic E-state index is 5.48. The summed E-state index contributed by atoms with van der Waals surface area (Å²) < 4.78 is 7.80. The molecule has 5 nitrogen and oxygen atoms in total. The summed E-state index contributed by atoms with van der Waals surface area (Å²) in [5.74, 6) is 1.01. The Morgan fingerprint density at radius 1 is 1.15 bits per heavy atom. The van der Waals surface area contributed by atoms with Crippen molar-refractivity contribution in [3.8, 4) is 0 Å². The van der Waals surface area contributed by atoms with Crippen LogP contribution in [0.5, 0.6) is 0 Å². The highest BCUT2D eigenvalue weighted by Crippen LogP contribution is 2.30. The molecule has 0 saturated carbocycles. The summed E-state index contributed by atoms with van der Waals surface area (Å²) in [6.07, 6.45) is 2.06. The second-order valence-corrected chi connectivity index (χ2v) is 5.26. The first-order valence-corrected chi connectivity index (χ1v) is 7.02. The van der Waals surface area contributed by atoms with Crippen molar-refractivity contribution in [2.75, 3.05) is 13.2 Å². The van der Waals surface area contributed by atoms with Gasteiger partial charge >= 0.3 is 0 Å². The van der Waals surface area contributed by atoms with Crippen LogP contribution in [0.3, 0.4) is 0 Å². The Labute approximate surface area is 116 Å². The summed E-state index contributed by atoms with van der Waals surface area (Å²) in [6, 6.07) is 8.58. The highest BCUT2D eigenvalue weighted by atomic mass is 16.5. The minimum atomic E-state index is 0.446. The molecule has 0 atom stereocenters. The van der Waals surface area contributed by atoms with Crippen LogP contribution in [0.15, 0.2) is 24.3 Å². The van der Waals surface area contributed by atoms with Gasteiger partial charge in [0.2, 0.25) is 5.65 Å². The summed E-state index contributed by atoms with van der Waals surface area (Å²) >= 11 is 0. The van der Waals surface area contributed by atoms with Gasteiger partial charge in [-0.25, -0.2) is 4.98 Å². The smallest absolute Gasteiger partial charge is 0.200 e. The maximum Gasteiger partial charge on any atom is 0.200 e. The van der Waals surface area contributed by atoms with Gasteiger partial charge < -0.3 is 9.30 Å². The Balaban J connectivity index is 2.03. The number of rotatable bonds is 1. The first-order valence-electron chi connectivity index (χ1n) is 7.02. The van der Waals surface area contributed by atoms with Crippen molar-refractivity contribution in [3.63, 3.8) is 0 Å². The van der Waals surface area contributed by atoms with E-state index in [1.807, 2.05) is 25.1 Å². The number of nitrogens with zero attached hydrogens (tertiary/aromatic N) is 4. The van der Waals surface area contributed by atoms with Gasteiger partial charge in [-0.1, -0.05) is 18.2 Å². The number of ether oxygens (including phenoxy) is 1. The second-order valence-electron chi connectivity index (χ2n) is 5.26. The second kappa shape index (κ2) is 4.52. The van der Waals surface area contributed by atoms with Gasteiger partial charge in [-0.15, -0.1) is 10.2 Å². The first kappa shape index (κ1) is 11.8. The summed E-state index contributed by atoms with van der Waals surface area (Å²) in [5, 5.41) is 9.66. The van der Waals surface area contributed by atoms with Gasteiger partial charge in [-0.3, -0.25) is 0 Å². The number of imidazole rings is 1. The zero-order valence-electron chi connectivity index (χ0n) is 11.4. The summed E-state index contributed by atoms with van der Waals surface area (Å²) in [7, 11) is 0. The Bertz CT molecular complexity index is 774. The molecular weight excluding hydrogens is 252 g/mol. The van der Waals surface area contributed by atoms with Crippen LogP contribution >= 0.6 is 0 Å². The van der Waals surface area contributed by atoms with Gasteiger partial charge in [-0.2, -0.15) is 0 Å². The molecule has 3 aromatic rings. The number of aryl methyl sites for hydroxylation is 1. The third kappa shape index (κ3) is 1.70. The van der Waals surface area contributed by atoms with Gasteiger partial charge in [0.1, 0.15) is 5.82 Å². The van der Waals surface area contributed by atoms with E-state index in [0.29, 0.717) is 6.04 Å². The minimum Gasteiger partial charge on any atom is -0.381 e. The zero-order chi connectivity index (χ0) is 13.5. The average Bonchev–Trinajstić information content (AvgIpc) is 2.84.